The van der Waals surface area contributed by atoms with E-state index >= 15 is 0 Å². The lowest BCUT2D eigenvalue weighted by Gasteiger charge is -2.13. The Labute approximate surface area is 101 Å². The Morgan fingerprint density at radius 1 is 1.18 bits per heavy atom. The van der Waals surface area contributed by atoms with E-state index in [2.05, 4.69) is 10.6 Å². The highest BCUT2D eigenvalue weighted by atomic mass is 16.1. The number of anilines is 2. The first-order valence-electron chi connectivity index (χ1n) is 6.20. The SMILES string of the molecule is Nc1cccc(C(=O)NC2CC2)c1NC1CC1. The molecular weight excluding hydrogens is 214 g/mol. The van der Waals surface area contributed by atoms with Gasteiger partial charge in [-0.3, -0.25) is 4.79 Å². The maximum absolute atomic E-state index is 12.1. The number of benzene rings is 1. The number of hydrogen-bond donors (Lipinski definition) is 3. The molecule has 4 nitrogen and oxygen atoms in total. The summed E-state index contributed by atoms with van der Waals surface area (Å²) in [6.07, 6.45) is 4.52. The Morgan fingerprint density at radius 2 is 1.88 bits per heavy atom. The van der Waals surface area contributed by atoms with E-state index in [1.807, 2.05) is 18.2 Å². The molecule has 0 spiro atoms. The summed E-state index contributed by atoms with van der Waals surface area (Å²) < 4.78 is 0. The van der Waals surface area contributed by atoms with E-state index in [0.29, 0.717) is 23.3 Å². The zero-order valence-corrected chi connectivity index (χ0v) is 9.70. The van der Waals surface area contributed by atoms with E-state index in [1.54, 1.807) is 0 Å². The van der Waals surface area contributed by atoms with Gasteiger partial charge in [-0.2, -0.15) is 0 Å². The van der Waals surface area contributed by atoms with Crippen LogP contribution in [0.1, 0.15) is 36.0 Å². The average Bonchev–Trinajstić information content (AvgIpc) is 3.15. The molecule has 0 radical (unpaired) electrons. The predicted molar refractivity (Wildman–Crippen MR) is 68.0 cm³/mol. The Kier molecular flexibility index (Phi) is 2.42. The maximum Gasteiger partial charge on any atom is 0.253 e. The van der Waals surface area contributed by atoms with Gasteiger partial charge in [0.1, 0.15) is 0 Å². The molecule has 2 saturated carbocycles. The Balaban J connectivity index is 1.84. The van der Waals surface area contributed by atoms with E-state index in [-0.39, 0.29) is 5.91 Å². The van der Waals surface area contributed by atoms with Crippen molar-refractivity contribution in [3.63, 3.8) is 0 Å². The summed E-state index contributed by atoms with van der Waals surface area (Å²) in [5.41, 5.74) is 8.06. The lowest BCUT2D eigenvalue weighted by molar-refractivity contribution is 0.0952. The molecule has 2 aliphatic carbocycles. The first kappa shape index (κ1) is 10.4. The van der Waals surface area contributed by atoms with Gasteiger partial charge in [-0.25, -0.2) is 0 Å². The van der Waals surface area contributed by atoms with Gasteiger partial charge in [0.2, 0.25) is 0 Å². The molecule has 0 aromatic heterocycles. The van der Waals surface area contributed by atoms with Crippen molar-refractivity contribution in [3.05, 3.63) is 23.8 Å². The average molecular weight is 231 g/mol. The van der Waals surface area contributed by atoms with Crippen LogP contribution >= 0.6 is 0 Å². The van der Waals surface area contributed by atoms with Crippen molar-refractivity contribution >= 4 is 17.3 Å². The van der Waals surface area contributed by atoms with Crippen molar-refractivity contribution < 1.29 is 4.79 Å². The fourth-order valence-electron chi connectivity index (χ4n) is 1.84. The molecule has 0 bridgehead atoms. The third-order valence-electron chi connectivity index (χ3n) is 3.18. The number of hydrogen-bond acceptors (Lipinski definition) is 3. The number of para-hydroxylation sites is 1. The quantitative estimate of drug-likeness (QED) is 0.691. The summed E-state index contributed by atoms with van der Waals surface area (Å²) in [5.74, 6) is -0.0112. The van der Waals surface area contributed by atoms with Gasteiger partial charge in [-0.05, 0) is 37.8 Å². The van der Waals surface area contributed by atoms with Crippen LogP contribution in [0.4, 0.5) is 11.4 Å². The van der Waals surface area contributed by atoms with Crippen molar-refractivity contribution in [1.29, 1.82) is 0 Å². The largest absolute Gasteiger partial charge is 0.397 e. The van der Waals surface area contributed by atoms with Crippen molar-refractivity contribution in [3.8, 4) is 0 Å². The minimum absolute atomic E-state index is 0.0112. The Hall–Kier alpha value is -1.71. The van der Waals surface area contributed by atoms with Crippen LogP contribution in [0.15, 0.2) is 18.2 Å². The second-order valence-corrected chi connectivity index (χ2v) is 4.94. The summed E-state index contributed by atoms with van der Waals surface area (Å²) in [4.78, 5) is 12.1. The number of rotatable bonds is 4. The number of amides is 1. The van der Waals surface area contributed by atoms with Crippen LogP contribution in [0.5, 0.6) is 0 Å². The molecule has 2 fully saturated rings. The molecule has 0 atom stereocenters. The Bertz CT molecular complexity index is 450. The minimum atomic E-state index is -0.0112. The number of carbonyl (C=O) groups is 1. The number of carbonyl (C=O) groups excluding carboxylic acids is 1. The number of nitrogens with one attached hydrogen (secondary N) is 2. The zero-order valence-electron chi connectivity index (χ0n) is 9.70. The smallest absolute Gasteiger partial charge is 0.253 e. The molecule has 1 amide bonds. The lowest BCUT2D eigenvalue weighted by atomic mass is 10.1. The van der Waals surface area contributed by atoms with Gasteiger partial charge in [0, 0.05) is 12.1 Å². The molecule has 1 aromatic carbocycles. The second kappa shape index (κ2) is 3.95. The molecule has 4 N–H and O–H groups in total. The van der Waals surface area contributed by atoms with Crippen LogP contribution in [-0.4, -0.2) is 18.0 Å². The van der Waals surface area contributed by atoms with Crippen LogP contribution in [-0.2, 0) is 0 Å². The number of nitrogens with two attached hydrogens (primary N) is 1. The van der Waals surface area contributed by atoms with Gasteiger partial charge >= 0.3 is 0 Å². The summed E-state index contributed by atoms with van der Waals surface area (Å²) >= 11 is 0. The highest BCUT2D eigenvalue weighted by Crippen LogP contribution is 2.31. The first-order valence-corrected chi connectivity index (χ1v) is 6.20. The van der Waals surface area contributed by atoms with Gasteiger partial charge in [-0.15, -0.1) is 0 Å². The van der Waals surface area contributed by atoms with Gasteiger partial charge in [0.25, 0.3) is 5.91 Å². The summed E-state index contributed by atoms with van der Waals surface area (Å²) in [5, 5.41) is 6.34. The maximum atomic E-state index is 12.1. The van der Waals surface area contributed by atoms with Crippen molar-refractivity contribution in [2.24, 2.45) is 0 Å². The first-order chi connectivity index (χ1) is 8.24. The fourth-order valence-corrected chi connectivity index (χ4v) is 1.84. The monoisotopic (exact) mass is 231 g/mol. The summed E-state index contributed by atoms with van der Waals surface area (Å²) in [6.45, 7) is 0. The molecule has 2 aliphatic rings. The third-order valence-corrected chi connectivity index (χ3v) is 3.18. The van der Waals surface area contributed by atoms with Crippen LogP contribution in [0.25, 0.3) is 0 Å². The van der Waals surface area contributed by atoms with Gasteiger partial charge in [0.15, 0.2) is 0 Å². The van der Waals surface area contributed by atoms with E-state index in [4.69, 9.17) is 5.73 Å². The number of nitrogen functional groups attached to an aromatic ring is 1. The molecule has 0 aliphatic heterocycles. The molecule has 0 heterocycles. The van der Waals surface area contributed by atoms with Gasteiger partial charge in [0.05, 0.1) is 16.9 Å². The predicted octanol–water partition coefficient (Wildman–Crippen LogP) is 1.74. The van der Waals surface area contributed by atoms with Crippen molar-refractivity contribution in [2.75, 3.05) is 11.1 Å². The second-order valence-electron chi connectivity index (χ2n) is 4.94. The Morgan fingerprint density at radius 3 is 2.53 bits per heavy atom. The molecule has 0 unspecified atom stereocenters. The standard InChI is InChI=1S/C13H17N3O/c14-11-3-1-2-10(12(11)15-8-4-5-8)13(17)16-9-6-7-9/h1-3,8-9,15H,4-7,14H2,(H,16,17). The molecule has 90 valence electrons. The van der Waals surface area contributed by atoms with Gasteiger partial charge in [-0.1, -0.05) is 6.07 Å². The van der Waals surface area contributed by atoms with Crippen LogP contribution in [0.2, 0.25) is 0 Å². The highest BCUT2D eigenvalue weighted by molar-refractivity contribution is 6.02. The molecule has 0 saturated heterocycles. The van der Waals surface area contributed by atoms with Crippen molar-refractivity contribution in [1.82, 2.24) is 5.32 Å². The van der Waals surface area contributed by atoms with Gasteiger partial charge < -0.3 is 16.4 Å². The third kappa shape index (κ3) is 2.35. The van der Waals surface area contributed by atoms with E-state index in [9.17, 15) is 4.79 Å². The van der Waals surface area contributed by atoms with E-state index in [0.717, 1.165) is 31.4 Å². The topological polar surface area (TPSA) is 67.2 Å². The normalized spacial score (nSPS) is 18.8. The highest BCUT2D eigenvalue weighted by Gasteiger charge is 2.27. The minimum Gasteiger partial charge on any atom is -0.397 e. The molecule has 17 heavy (non-hydrogen) atoms. The molecule has 3 rings (SSSR count). The van der Waals surface area contributed by atoms with Crippen LogP contribution in [0.3, 0.4) is 0 Å². The van der Waals surface area contributed by atoms with Crippen LogP contribution in [0, 0.1) is 0 Å². The molecule has 4 heteroatoms. The van der Waals surface area contributed by atoms with E-state index in [1.165, 1.54) is 0 Å². The molecular formula is C13H17N3O. The van der Waals surface area contributed by atoms with Crippen LogP contribution < -0.4 is 16.4 Å². The fraction of sp³-hybridized carbons (Fsp3) is 0.462. The van der Waals surface area contributed by atoms with E-state index < -0.39 is 0 Å². The summed E-state index contributed by atoms with van der Waals surface area (Å²) in [7, 11) is 0. The zero-order chi connectivity index (χ0) is 11.8. The lowest BCUT2D eigenvalue weighted by Crippen LogP contribution is -2.26. The molecule has 1 aromatic rings. The van der Waals surface area contributed by atoms with Crippen molar-refractivity contribution in [2.45, 2.75) is 37.8 Å². The summed E-state index contributed by atoms with van der Waals surface area (Å²) in [6, 6.07) is 6.36.